The van der Waals surface area contributed by atoms with Crippen molar-refractivity contribution in [1.82, 2.24) is 4.98 Å². The van der Waals surface area contributed by atoms with Crippen molar-refractivity contribution in [3.05, 3.63) is 64.4 Å². The molecule has 0 amide bonds. The van der Waals surface area contributed by atoms with E-state index in [1.54, 1.807) is 24.8 Å². The van der Waals surface area contributed by atoms with Crippen molar-refractivity contribution in [1.29, 1.82) is 0 Å². The van der Waals surface area contributed by atoms with Crippen LogP contribution in [-0.4, -0.2) is 9.91 Å². The second-order valence-electron chi connectivity index (χ2n) is 4.75. The molecule has 0 saturated carbocycles. The maximum atomic E-state index is 11.1. The molecule has 0 aliphatic rings. The summed E-state index contributed by atoms with van der Waals surface area (Å²) in [5.74, 6) is 0. The van der Waals surface area contributed by atoms with Crippen LogP contribution in [0.2, 0.25) is 0 Å². The van der Waals surface area contributed by atoms with Gasteiger partial charge in [-0.2, -0.15) is 0 Å². The summed E-state index contributed by atoms with van der Waals surface area (Å²) < 4.78 is 5.02. The number of hydrogen-bond donors (Lipinski definition) is 1. The third kappa shape index (κ3) is 2.55. The van der Waals surface area contributed by atoms with E-state index < -0.39 is 0 Å². The number of nitro benzene ring substituents is 1. The Balaban J connectivity index is 2.04. The summed E-state index contributed by atoms with van der Waals surface area (Å²) in [7, 11) is 0. The van der Waals surface area contributed by atoms with E-state index in [2.05, 4.69) is 10.3 Å². The highest BCUT2D eigenvalue weighted by molar-refractivity contribution is 5.99. The maximum Gasteiger partial charge on any atom is 0.278 e. The van der Waals surface area contributed by atoms with Crippen molar-refractivity contribution in [2.75, 3.05) is 5.32 Å². The molecule has 0 atom stereocenters. The molecule has 0 fully saturated rings. The first-order valence-corrected chi connectivity index (χ1v) is 6.44. The van der Waals surface area contributed by atoms with Gasteiger partial charge in [-0.3, -0.25) is 15.1 Å². The summed E-state index contributed by atoms with van der Waals surface area (Å²) in [4.78, 5) is 14.9. The highest BCUT2D eigenvalue weighted by Crippen LogP contribution is 2.31. The van der Waals surface area contributed by atoms with E-state index in [4.69, 9.17) is 4.42 Å². The summed E-state index contributed by atoms with van der Waals surface area (Å²) in [6.45, 7) is 2.45. The predicted octanol–water partition coefficient (Wildman–Crippen LogP) is 3.66. The summed E-state index contributed by atoms with van der Waals surface area (Å²) in [6, 6.07) is 6.93. The average Bonchev–Trinajstić information content (AvgIpc) is 2.97. The average molecular weight is 283 g/mol. The molecule has 0 bridgehead atoms. The Morgan fingerprint density at radius 2 is 2.19 bits per heavy atom. The molecule has 2 aromatic heterocycles. The first-order valence-electron chi connectivity index (χ1n) is 6.44. The van der Waals surface area contributed by atoms with Crippen molar-refractivity contribution < 1.29 is 9.34 Å². The normalized spacial score (nSPS) is 10.7. The maximum absolute atomic E-state index is 11.1. The van der Waals surface area contributed by atoms with Gasteiger partial charge in [-0.25, -0.2) is 0 Å². The van der Waals surface area contributed by atoms with Gasteiger partial charge in [-0.1, -0.05) is 0 Å². The monoisotopic (exact) mass is 283 g/mol. The lowest BCUT2D eigenvalue weighted by atomic mass is 10.1. The Kier molecular flexibility index (Phi) is 3.27. The number of nitrogens with zero attached hydrogens (tertiary/aromatic N) is 2. The zero-order valence-corrected chi connectivity index (χ0v) is 11.4. The van der Waals surface area contributed by atoms with Gasteiger partial charge in [0.05, 0.1) is 22.8 Å². The van der Waals surface area contributed by atoms with Crippen molar-refractivity contribution >= 4 is 22.1 Å². The number of anilines is 1. The molecule has 3 aromatic rings. The molecule has 0 unspecified atom stereocenters. The second-order valence-corrected chi connectivity index (χ2v) is 4.75. The third-order valence-electron chi connectivity index (χ3n) is 3.27. The number of benzene rings is 1. The largest absolute Gasteiger partial charge is 0.472 e. The Morgan fingerprint density at radius 3 is 2.90 bits per heavy atom. The summed E-state index contributed by atoms with van der Waals surface area (Å²) >= 11 is 0. The molecular weight excluding hydrogens is 270 g/mol. The fraction of sp³-hybridized carbons (Fsp3) is 0.133. The van der Waals surface area contributed by atoms with Crippen molar-refractivity contribution in [2.45, 2.75) is 13.5 Å². The highest BCUT2D eigenvalue weighted by Gasteiger charge is 2.14. The van der Waals surface area contributed by atoms with E-state index in [-0.39, 0.29) is 10.6 Å². The van der Waals surface area contributed by atoms with E-state index in [1.165, 1.54) is 6.07 Å². The first-order chi connectivity index (χ1) is 10.1. The standard InChI is InChI=1S/C15H13N3O3/c1-10-6-12-13(8-16-10)15(18(19)20)3-2-14(12)17-7-11-4-5-21-9-11/h2-6,8-9,17H,7H2,1H3. The highest BCUT2D eigenvalue weighted by atomic mass is 16.6. The minimum Gasteiger partial charge on any atom is -0.472 e. The third-order valence-corrected chi connectivity index (χ3v) is 3.27. The van der Waals surface area contributed by atoms with Crippen LogP contribution < -0.4 is 5.32 Å². The van der Waals surface area contributed by atoms with Crippen LogP contribution in [0.15, 0.2) is 47.4 Å². The molecule has 1 aromatic carbocycles. The molecule has 0 radical (unpaired) electrons. The molecule has 6 nitrogen and oxygen atoms in total. The van der Waals surface area contributed by atoms with Crippen LogP contribution in [-0.2, 0) is 6.54 Å². The van der Waals surface area contributed by atoms with E-state index in [0.717, 1.165) is 22.3 Å². The molecule has 0 spiro atoms. The van der Waals surface area contributed by atoms with E-state index in [1.807, 2.05) is 19.1 Å². The summed E-state index contributed by atoms with van der Waals surface area (Å²) in [5.41, 5.74) is 2.72. The lowest BCUT2D eigenvalue weighted by Crippen LogP contribution is -2.00. The number of aromatic nitrogens is 1. The Hall–Kier alpha value is -2.89. The Labute approximate surface area is 120 Å². The number of nitro groups is 1. The van der Waals surface area contributed by atoms with Crippen molar-refractivity contribution in [3.63, 3.8) is 0 Å². The van der Waals surface area contributed by atoms with Gasteiger partial charge in [0.1, 0.15) is 0 Å². The zero-order chi connectivity index (χ0) is 14.8. The van der Waals surface area contributed by atoms with E-state index >= 15 is 0 Å². The zero-order valence-electron chi connectivity index (χ0n) is 11.4. The van der Waals surface area contributed by atoms with E-state index in [0.29, 0.717) is 11.9 Å². The number of aryl methyl sites for hydroxylation is 1. The molecule has 106 valence electrons. The van der Waals surface area contributed by atoms with Gasteiger partial charge in [0.15, 0.2) is 0 Å². The fourth-order valence-electron chi connectivity index (χ4n) is 2.23. The van der Waals surface area contributed by atoms with Gasteiger partial charge in [-0.05, 0) is 25.1 Å². The first kappa shape index (κ1) is 13.1. The minimum atomic E-state index is -0.390. The molecule has 0 aliphatic carbocycles. The van der Waals surface area contributed by atoms with Crippen LogP contribution in [0, 0.1) is 17.0 Å². The van der Waals surface area contributed by atoms with Crippen LogP contribution >= 0.6 is 0 Å². The SMILES string of the molecule is Cc1cc2c(NCc3ccoc3)ccc([N+](=O)[O-])c2cn1. The number of fused-ring (bicyclic) bond motifs is 1. The molecule has 21 heavy (non-hydrogen) atoms. The molecule has 6 heteroatoms. The van der Waals surface area contributed by atoms with Gasteiger partial charge in [0, 0.05) is 41.1 Å². The van der Waals surface area contributed by atoms with Crippen LogP contribution in [0.1, 0.15) is 11.3 Å². The van der Waals surface area contributed by atoms with Crippen LogP contribution in [0.25, 0.3) is 10.8 Å². The quantitative estimate of drug-likeness (QED) is 0.583. The summed E-state index contributed by atoms with van der Waals surface area (Å²) in [5, 5.41) is 15.7. The number of nitrogens with one attached hydrogen (secondary N) is 1. The lowest BCUT2D eigenvalue weighted by molar-refractivity contribution is -0.383. The van der Waals surface area contributed by atoms with Gasteiger partial charge in [0.25, 0.3) is 5.69 Å². The van der Waals surface area contributed by atoms with Crippen molar-refractivity contribution in [2.24, 2.45) is 0 Å². The number of pyridine rings is 1. The molecule has 1 N–H and O–H groups in total. The van der Waals surface area contributed by atoms with Crippen LogP contribution in [0.4, 0.5) is 11.4 Å². The van der Waals surface area contributed by atoms with Crippen LogP contribution in [0.5, 0.6) is 0 Å². The van der Waals surface area contributed by atoms with Gasteiger partial charge >= 0.3 is 0 Å². The van der Waals surface area contributed by atoms with Gasteiger partial charge in [0.2, 0.25) is 0 Å². The van der Waals surface area contributed by atoms with Gasteiger partial charge < -0.3 is 9.73 Å². The fourth-order valence-corrected chi connectivity index (χ4v) is 2.23. The smallest absolute Gasteiger partial charge is 0.278 e. The molecule has 0 aliphatic heterocycles. The predicted molar refractivity (Wildman–Crippen MR) is 79.2 cm³/mol. The van der Waals surface area contributed by atoms with Crippen molar-refractivity contribution in [3.8, 4) is 0 Å². The Morgan fingerprint density at radius 1 is 1.33 bits per heavy atom. The molecule has 2 heterocycles. The molecule has 0 saturated heterocycles. The number of hydrogen-bond acceptors (Lipinski definition) is 5. The lowest BCUT2D eigenvalue weighted by Gasteiger charge is -2.09. The number of non-ortho nitro benzene ring substituents is 1. The number of rotatable bonds is 4. The molecule has 3 rings (SSSR count). The minimum absolute atomic E-state index is 0.0614. The number of furan rings is 1. The second kappa shape index (κ2) is 5.24. The topological polar surface area (TPSA) is 81.2 Å². The summed E-state index contributed by atoms with van der Waals surface area (Å²) in [6.07, 6.45) is 4.82. The van der Waals surface area contributed by atoms with Crippen LogP contribution in [0.3, 0.4) is 0 Å². The van der Waals surface area contributed by atoms with E-state index in [9.17, 15) is 10.1 Å². The van der Waals surface area contributed by atoms with Gasteiger partial charge in [-0.15, -0.1) is 0 Å². The molecular formula is C15H13N3O3. The Bertz CT molecular complexity index is 797.